The number of H-pyrrole nitrogens is 1. The highest BCUT2D eigenvalue weighted by Gasteiger charge is 2.40. The Morgan fingerprint density at radius 2 is 2.14 bits per heavy atom. The van der Waals surface area contributed by atoms with Gasteiger partial charge >= 0.3 is 5.97 Å². The predicted molar refractivity (Wildman–Crippen MR) is 131 cm³/mol. The lowest BCUT2D eigenvalue weighted by Crippen LogP contribution is -2.36. The van der Waals surface area contributed by atoms with Gasteiger partial charge in [-0.05, 0) is 56.0 Å². The molecule has 178 valence electrons. The van der Waals surface area contributed by atoms with Crippen LogP contribution in [0.4, 0.5) is 11.5 Å². The number of carboxylic acids is 1. The minimum absolute atomic E-state index is 0.0639. The molecule has 1 aliphatic heterocycles. The fourth-order valence-electron chi connectivity index (χ4n) is 5.04. The molecular formula is C25H24N6O4. The van der Waals surface area contributed by atoms with Gasteiger partial charge in [0.05, 0.1) is 11.7 Å². The van der Waals surface area contributed by atoms with E-state index in [1.807, 2.05) is 42.5 Å². The van der Waals surface area contributed by atoms with Gasteiger partial charge in [0.25, 0.3) is 0 Å². The maximum Gasteiger partial charge on any atom is 0.326 e. The van der Waals surface area contributed by atoms with Crippen LogP contribution in [0, 0.1) is 12.8 Å². The van der Waals surface area contributed by atoms with Crippen molar-refractivity contribution in [1.29, 1.82) is 0 Å². The second-order valence-corrected chi connectivity index (χ2v) is 9.05. The lowest BCUT2D eigenvalue weighted by molar-refractivity contribution is -0.138. The summed E-state index contributed by atoms with van der Waals surface area (Å²) in [4.78, 5) is 23.1. The Morgan fingerprint density at radius 1 is 1.29 bits per heavy atom. The molecule has 0 amide bonds. The summed E-state index contributed by atoms with van der Waals surface area (Å²) < 4.78 is 6.07. The summed E-state index contributed by atoms with van der Waals surface area (Å²) in [6.45, 7) is 2.22. The van der Waals surface area contributed by atoms with Gasteiger partial charge in [-0.1, -0.05) is 12.1 Å². The number of nitrogens with one attached hydrogen (secondary N) is 2. The number of aromatic amines is 1. The molecule has 1 saturated heterocycles. The zero-order valence-electron chi connectivity index (χ0n) is 19.0. The Morgan fingerprint density at radius 3 is 3.00 bits per heavy atom. The number of aliphatic hydroxyl groups excluding tert-OH is 1. The van der Waals surface area contributed by atoms with E-state index >= 15 is 0 Å². The van der Waals surface area contributed by atoms with Crippen molar-refractivity contribution in [1.82, 2.24) is 20.2 Å². The van der Waals surface area contributed by atoms with Crippen LogP contribution < -0.4 is 10.2 Å². The molecule has 1 aliphatic rings. The first-order valence-electron chi connectivity index (χ1n) is 11.5. The smallest absolute Gasteiger partial charge is 0.326 e. The third-order valence-electron chi connectivity index (χ3n) is 6.59. The number of para-hydroxylation sites is 1. The Labute approximate surface area is 199 Å². The molecule has 0 spiro atoms. The highest BCUT2D eigenvalue weighted by atomic mass is 16.4. The average Bonchev–Trinajstić information content (AvgIpc) is 3.55. The minimum Gasteiger partial charge on any atom is -0.480 e. The zero-order valence-corrected chi connectivity index (χ0v) is 19.0. The van der Waals surface area contributed by atoms with E-state index in [4.69, 9.17) is 4.42 Å². The summed E-state index contributed by atoms with van der Waals surface area (Å²) in [6.07, 6.45) is 1.66. The molecule has 3 aromatic heterocycles. The van der Waals surface area contributed by atoms with Crippen LogP contribution in [0.5, 0.6) is 0 Å². The maximum absolute atomic E-state index is 12.2. The number of carbonyl (C=O) groups is 1. The van der Waals surface area contributed by atoms with E-state index in [2.05, 4.69) is 25.5 Å². The number of anilines is 2. The first kappa shape index (κ1) is 21.4. The Kier molecular flexibility index (Phi) is 5.03. The average molecular weight is 473 g/mol. The van der Waals surface area contributed by atoms with Crippen molar-refractivity contribution >= 4 is 50.4 Å². The number of aliphatic hydroxyl groups is 1. The highest BCUT2D eigenvalue weighted by Crippen LogP contribution is 2.38. The quantitative estimate of drug-likeness (QED) is 0.272. The SMILES string of the molecule is Cc1nc(N2C[C@@H](CC(O)Nc3ccc4[nH]ncc4c3)C[C@H]2C(=O)O)c2oc3ccccc3c2n1. The molecule has 1 fully saturated rings. The van der Waals surface area contributed by atoms with Crippen LogP contribution in [0.3, 0.4) is 0 Å². The molecule has 35 heavy (non-hydrogen) atoms. The molecule has 0 aliphatic carbocycles. The third kappa shape index (κ3) is 3.81. The van der Waals surface area contributed by atoms with Gasteiger partial charge in [0.15, 0.2) is 11.4 Å². The van der Waals surface area contributed by atoms with Crippen LogP contribution >= 0.6 is 0 Å². The van der Waals surface area contributed by atoms with Crippen molar-refractivity contribution in [2.24, 2.45) is 5.92 Å². The van der Waals surface area contributed by atoms with Crippen molar-refractivity contribution in [3.8, 4) is 0 Å². The molecule has 0 bridgehead atoms. The Hall–Kier alpha value is -4.18. The lowest BCUT2D eigenvalue weighted by Gasteiger charge is -2.23. The molecule has 6 rings (SSSR count). The van der Waals surface area contributed by atoms with Gasteiger partial charge in [0, 0.05) is 23.0 Å². The molecule has 5 aromatic rings. The second-order valence-electron chi connectivity index (χ2n) is 9.05. The van der Waals surface area contributed by atoms with Crippen molar-refractivity contribution in [3.05, 3.63) is 54.5 Å². The van der Waals surface area contributed by atoms with Gasteiger partial charge in [0.2, 0.25) is 0 Å². The third-order valence-corrected chi connectivity index (χ3v) is 6.59. The van der Waals surface area contributed by atoms with Crippen LogP contribution in [0.1, 0.15) is 18.7 Å². The van der Waals surface area contributed by atoms with Gasteiger partial charge < -0.3 is 24.8 Å². The van der Waals surface area contributed by atoms with E-state index in [-0.39, 0.29) is 5.92 Å². The summed E-state index contributed by atoms with van der Waals surface area (Å²) in [5.41, 5.74) is 3.52. The molecule has 4 N–H and O–H groups in total. The predicted octanol–water partition coefficient (Wildman–Crippen LogP) is 3.66. The summed E-state index contributed by atoms with van der Waals surface area (Å²) >= 11 is 0. The first-order chi connectivity index (χ1) is 17.0. The lowest BCUT2D eigenvalue weighted by atomic mass is 10.0. The topological polar surface area (TPSA) is 140 Å². The van der Waals surface area contributed by atoms with Crippen molar-refractivity contribution in [3.63, 3.8) is 0 Å². The Balaban J connectivity index is 1.27. The van der Waals surface area contributed by atoms with Gasteiger partial charge in [-0.2, -0.15) is 5.10 Å². The number of aryl methyl sites for hydroxylation is 1. The molecule has 3 atom stereocenters. The molecule has 0 radical (unpaired) electrons. The molecule has 0 saturated carbocycles. The van der Waals surface area contributed by atoms with E-state index < -0.39 is 18.2 Å². The van der Waals surface area contributed by atoms with Gasteiger partial charge in [-0.15, -0.1) is 0 Å². The van der Waals surface area contributed by atoms with Crippen LogP contribution in [0.25, 0.3) is 33.0 Å². The summed E-state index contributed by atoms with van der Waals surface area (Å²) in [7, 11) is 0. The highest BCUT2D eigenvalue weighted by molar-refractivity contribution is 6.06. The standard InChI is InChI=1S/C25H24N6O4/c1-13-27-22-17-4-2-3-5-20(17)35-23(22)24(28-13)31-12-14(8-19(31)25(33)34)9-21(32)29-16-6-7-18-15(10-16)11-26-30-18/h2-7,10-11,14,19,21,29,32H,8-9,12H2,1H3,(H,26,30)(H,33,34)/t14-,19+,21?/m1/s1. The molecule has 4 heterocycles. The monoisotopic (exact) mass is 472 g/mol. The van der Waals surface area contributed by atoms with Crippen LogP contribution in [0.2, 0.25) is 0 Å². The largest absolute Gasteiger partial charge is 0.480 e. The van der Waals surface area contributed by atoms with E-state index in [1.54, 1.807) is 18.0 Å². The normalized spacial score (nSPS) is 19.1. The molecular weight excluding hydrogens is 448 g/mol. The summed E-state index contributed by atoms with van der Waals surface area (Å²) in [5, 5.41) is 32.6. The van der Waals surface area contributed by atoms with E-state index in [0.29, 0.717) is 47.7 Å². The van der Waals surface area contributed by atoms with Crippen LogP contribution in [-0.4, -0.2) is 55.2 Å². The number of hydrogen-bond donors (Lipinski definition) is 4. The molecule has 10 nitrogen and oxygen atoms in total. The van der Waals surface area contributed by atoms with Crippen molar-refractivity contribution < 1.29 is 19.4 Å². The molecule has 2 aromatic carbocycles. The number of aliphatic carboxylic acids is 1. The fourth-order valence-corrected chi connectivity index (χ4v) is 5.04. The Bertz CT molecular complexity index is 1560. The number of nitrogens with zero attached hydrogens (tertiary/aromatic N) is 4. The van der Waals surface area contributed by atoms with Crippen molar-refractivity contribution in [2.45, 2.75) is 32.0 Å². The summed E-state index contributed by atoms with van der Waals surface area (Å²) in [6, 6.07) is 12.5. The number of carboxylic acid groups (broad SMARTS) is 1. The number of fused-ring (bicyclic) bond motifs is 4. The van der Waals surface area contributed by atoms with Crippen LogP contribution in [-0.2, 0) is 4.79 Å². The fraction of sp³-hybridized carbons (Fsp3) is 0.280. The van der Waals surface area contributed by atoms with Gasteiger partial charge in [0.1, 0.15) is 29.2 Å². The summed E-state index contributed by atoms with van der Waals surface area (Å²) in [5.74, 6) is 0.0290. The number of rotatable bonds is 6. The number of hydrogen-bond acceptors (Lipinski definition) is 8. The van der Waals surface area contributed by atoms with Gasteiger partial charge in [-0.3, -0.25) is 5.10 Å². The van der Waals surface area contributed by atoms with E-state index in [1.165, 1.54) is 0 Å². The maximum atomic E-state index is 12.2. The first-order valence-corrected chi connectivity index (χ1v) is 11.5. The van der Waals surface area contributed by atoms with Gasteiger partial charge in [-0.25, -0.2) is 14.8 Å². The van der Waals surface area contributed by atoms with E-state index in [0.717, 1.165) is 22.0 Å². The zero-order chi connectivity index (χ0) is 24.1. The number of benzene rings is 2. The van der Waals surface area contributed by atoms with Crippen LogP contribution in [0.15, 0.2) is 53.1 Å². The molecule has 1 unspecified atom stereocenters. The number of aromatic nitrogens is 4. The number of furan rings is 1. The molecule has 10 heteroatoms. The minimum atomic E-state index is -0.930. The second kappa shape index (κ2) is 8.24. The van der Waals surface area contributed by atoms with E-state index in [9.17, 15) is 15.0 Å². The van der Waals surface area contributed by atoms with Crippen molar-refractivity contribution in [2.75, 3.05) is 16.8 Å².